The summed E-state index contributed by atoms with van der Waals surface area (Å²) in [6.07, 6.45) is 3.80. The Bertz CT molecular complexity index is 2180. The summed E-state index contributed by atoms with van der Waals surface area (Å²) in [5, 5.41) is 8.11. The third kappa shape index (κ3) is 5.97. The number of rotatable bonds is 6. The van der Waals surface area contributed by atoms with Crippen LogP contribution in [0.3, 0.4) is 0 Å². The van der Waals surface area contributed by atoms with E-state index >= 15 is 0 Å². The average Bonchev–Trinajstić information content (AvgIpc) is 3.86. The highest BCUT2D eigenvalue weighted by molar-refractivity contribution is 6.07. The van der Waals surface area contributed by atoms with Crippen molar-refractivity contribution in [2.75, 3.05) is 22.9 Å². The second kappa shape index (κ2) is 11.8. The standard InChI is InChI=1S/C34H24F6N8O3/c35-21-5-1-3-19(11-21)25-13-33(37,38)17-45(25)27-7-9-47-29(43-27)23(15-41-47)31(49)51-32(50)24-16-42-48-10-8-28(44-30(24)48)46-18-34(39,40)14-26(46)20-4-2-6-22(36)12-20/h1-12,15-16,25-26H,13-14,17-18H2. The Labute approximate surface area is 283 Å². The largest absolute Gasteiger partial charge is 0.385 e. The van der Waals surface area contributed by atoms with Crippen LogP contribution in [0.2, 0.25) is 0 Å². The van der Waals surface area contributed by atoms with E-state index in [1.807, 2.05) is 0 Å². The minimum Gasteiger partial charge on any atom is -0.385 e. The van der Waals surface area contributed by atoms with E-state index in [2.05, 4.69) is 20.2 Å². The summed E-state index contributed by atoms with van der Waals surface area (Å²) in [5.41, 5.74) is -0.0859. The molecule has 11 nitrogen and oxygen atoms in total. The van der Waals surface area contributed by atoms with E-state index in [0.29, 0.717) is 11.1 Å². The molecule has 2 atom stereocenters. The van der Waals surface area contributed by atoms with Gasteiger partial charge in [-0.2, -0.15) is 10.2 Å². The van der Waals surface area contributed by atoms with Gasteiger partial charge in [-0.25, -0.2) is 54.9 Å². The Morgan fingerprint density at radius 1 is 0.667 bits per heavy atom. The Morgan fingerprint density at radius 3 is 1.51 bits per heavy atom. The van der Waals surface area contributed by atoms with Crippen LogP contribution in [0.15, 0.2) is 85.5 Å². The molecule has 0 bridgehead atoms. The molecule has 0 saturated carbocycles. The molecule has 2 unspecified atom stereocenters. The molecule has 2 saturated heterocycles. The van der Waals surface area contributed by atoms with Crippen molar-refractivity contribution in [1.29, 1.82) is 0 Å². The fourth-order valence-electron chi connectivity index (χ4n) is 6.66. The van der Waals surface area contributed by atoms with Crippen molar-refractivity contribution in [3.05, 3.63) is 119 Å². The van der Waals surface area contributed by atoms with Gasteiger partial charge >= 0.3 is 11.9 Å². The molecule has 2 fully saturated rings. The number of halogens is 6. The summed E-state index contributed by atoms with van der Waals surface area (Å²) < 4.78 is 94.2. The molecule has 51 heavy (non-hydrogen) atoms. The van der Waals surface area contributed by atoms with Crippen LogP contribution in [0.1, 0.15) is 56.8 Å². The van der Waals surface area contributed by atoms with E-state index in [4.69, 9.17) is 4.74 Å². The zero-order valence-corrected chi connectivity index (χ0v) is 26.1. The SMILES string of the molecule is O=C(OC(=O)c1cnn2ccc(N3CC(F)(F)CC3c3cccc(F)c3)nc12)c1cnn2ccc(N3CC(F)(F)CC3c3cccc(F)c3)nc12. The second-order valence-corrected chi connectivity index (χ2v) is 12.4. The first kappa shape index (κ1) is 32.2. The number of alkyl halides is 4. The molecule has 2 aliphatic heterocycles. The number of carbonyl (C=O) groups excluding carboxylic acids is 2. The Kier molecular flexibility index (Phi) is 7.46. The number of esters is 2. The molecule has 8 rings (SSSR count). The molecule has 17 heteroatoms. The molecule has 6 aromatic rings. The molecule has 2 aliphatic rings. The van der Waals surface area contributed by atoms with E-state index in [1.54, 1.807) is 0 Å². The molecule has 0 spiro atoms. The second-order valence-electron chi connectivity index (χ2n) is 12.4. The van der Waals surface area contributed by atoms with Gasteiger partial charge in [0.25, 0.3) is 11.8 Å². The van der Waals surface area contributed by atoms with Gasteiger partial charge in [-0.15, -0.1) is 0 Å². The number of aromatic nitrogens is 6. The maximum atomic E-state index is 14.7. The number of anilines is 2. The molecule has 260 valence electrons. The van der Waals surface area contributed by atoms with E-state index in [1.165, 1.54) is 91.9 Å². The van der Waals surface area contributed by atoms with Gasteiger partial charge in [0.15, 0.2) is 11.3 Å². The number of fused-ring (bicyclic) bond motifs is 2. The third-order valence-corrected chi connectivity index (χ3v) is 8.93. The quantitative estimate of drug-likeness (QED) is 0.113. The predicted molar refractivity (Wildman–Crippen MR) is 168 cm³/mol. The van der Waals surface area contributed by atoms with Crippen molar-refractivity contribution in [2.45, 2.75) is 36.8 Å². The van der Waals surface area contributed by atoms with Gasteiger partial charge in [0, 0.05) is 25.2 Å². The summed E-state index contributed by atoms with van der Waals surface area (Å²) in [7, 11) is 0. The molecule has 2 aromatic carbocycles. The van der Waals surface area contributed by atoms with Gasteiger partial charge in [-0.05, 0) is 47.5 Å². The maximum absolute atomic E-state index is 14.7. The number of benzene rings is 2. The number of ether oxygens (including phenoxy) is 1. The van der Waals surface area contributed by atoms with Crippen LogP contribution < -0.4 is 9.80 Å². The predicted octanol–water partition coefficient (Wildman–Crippen LogP) is 6.22. The normalized spacial score (nSPS) is 19.6. The molecule has 0 amide bonds. The fourth-order valence-corrected chi connectivity index (χ4v) is 6.66. The lowest BCUT2D eigenvalue weighted by Crippen LogP contribution is -2.27. The summed E-state index contributed by atoms with van der Waals surface area (Å²) in [6, 6.07) is 11.7. The maximum Gasteiger partial charge on any atom is 0.351 e. The number of hydrogen-bond acceptors (Lipinski definition) is 9. The lowest BCUT2D eigenvalue weighted by molar-refractivity contribution is 0.0215. The van der Waals surface area contributed by atoms with Crippen LogP contribution in [-0.2, 0) is 4.74 Å². The summed E-state index contributed by atoms with van der Waals surface area (Å²) in [5.74, 6) is -9.63. The van der Waals surface area contributed by atoms with E-state index in [0.717, 1.165) is 12.4 Å². The van der Waals surface area contributed by atoms with Gasteiger partial charge in [0.2, 0.25) is 0 Å². The van der Waals surface area contributed by atoms with Crippen LogP contribution in [0, 0.1) is 11.6 Å². The molecule has 0 N–H and O–H groups in total. The van der Waals surface area contributed by atoms with Crippen molar-refractivity contribution in [3.63, 3.8) is 0 Å². The highest BCUT2D eigenvalue weighted by Gasteiger charge is 2.47. The van der Waals surface area contributed by atoms with Crippen molar-refractivity contribution in [1.82, 2.24) is 29.2 Å². The monoisotopic (exact) mass is 706 g/mol. The molecule has 4 aromatic heterocycles. The number of carbonyl (C=O) groups is 2. The molecular formula is C34H24F6N8O3. The van der Waals surface area contributed by atoms with Crippen molar-refractivity contribution in [3.8, 4) is 0 Å². The van der Waals surface area contributed by atoms with Crippen LogP contribution in [0.25, 0.3) is 11.3 Å². The lowest BCUT2D eigenvalue weighted by atomic mass is 10.0. The summed E-state index contributed by atoms with van der Waals surface area (Å²) >= 11 is 0. The molecular weight excluding hydrogens is 682 g/mol. The van der Waals surface area contributed by atoms with Crippen LogP contribution in [-0.4, -0.2) is 66.1 Å². The van der Waals surface area contributed by atoms with Gasteiger partial charge in [-0.1, -0.05) is 24.3 Å². The Hall–Kier alpha value is -6.00. The van der Waals surface area contributed by atoms with Crippen LogP contribution in [0.4, 0.5) is 38.0 Å². The minimum absolute atomic E-state index is 0.0539. The topological polar surface area (TPSA) is 110 Å². The first-order valence-corrected chi connectivity index (χ1v) is 15.6. The highest BCUT2D eigenvalue weighted by atomic mass is 19.3. The van der Waals surface area contributed by atoms with Gasteiger partial charge in [0.05, 0.1) is 37.6 Å². The van der Waals surface area contributed by atoms with E-state index in [9.17, 15) is 35.9 Å². The molecule has 0 aliphatic carbocycles. The highest BCUT2D eigenvalue weighted by Crippen LogP contribution is 2.44. The van der Waals surface area contributed by atoms with E-state index < -0.39 is 73.4 Å². The first-order valence-electron chi connectivity index (χ1n) is 15.6. The molecule has 0 radical (unpaired) electrons. The van der Waals surface area contributed by atoms with Crippen LogP contribution in [0.5, 0.6) is 0 Å². The van der Waals surface area contributed by atoms with Crippen molar-refractivity contribution < 1.29 is 40.7 Å². The fraction of sp³-hybridized carbons (Fsp3) is 0.235. The third-order valence-electron chi connectivity index (χ3n) is 8.93. The number of hydrogen-bond donors (Lipinski definition) is 0. The van der Waals surface area contributed by atoms with Gasteiger partial charge in [0.1, 0.15) is 34.4 Å². The Balaban J connectivity index is 1.07. The first-order chi connectivity index (χ1) is 24.3. The summed E-state index contributed by atoms with van der Waals surface area (Å²) in [6.45, 7) is -1.43. The van der Waals surface area contributed by atoms with Crippen molar-refractivity contribution in [2.24, 2.45) is 0 Å². The van der Waals surface area contributed by atoms with Gasteiger partial charge < -0.3 is 14.5 Å². The minimum atomic E-state index is -3.11. The lowest BCUT2D eigenvalue weighted by Gasteiger charge is -2.25. The smallest absolute Gasteiger partial charge is 0.351 e. The van der Waals surface area contributed by atoms with Crippen molar-refractivity contribution >= 4 is 34.9 Å². The van der Waals surface area contributed by atoms with Gasteiger partial charge in [-0.3, -0.25) is 0 Å². The number of nitrogens with zero attached hydrogens (tertiary/aromatic N) is 8. The van der Waals surface area contributed by atoms with Crippen LogP contribution >= 0.6 is 0 Å². The average molecular weight is 707 g/mol. The van der Waals surface area contributed by atoms with E-state index in [-0.39, 0.29) is 34.1 Å². The zero-order valence-electron chi connectivity index (χ0n) is 26.1. The Morgan fingerprint density at radius 2 is 1.10 bits per heavy atom. The summed E-state index contributed by atoms with van der Waals surface area (Å²) in [4.78, 5) is 38.0. The zero-order chi connectivity index (χ0) is 35.7. The molecule has 6 heterocycles.